The predicted octanol–water partition coefficient (Wildman–Crippen LogP) is 1.44. The van der Waals surface area contributed by atoms with Crippen molar-refractivity contribution >= 4 is 28.4 Å². The van der Waals surface area contributed by atoms with E-state index in [4.69, 9.17) is 15.7 Å². The molecule has 1 amide bonds. The monoisotopic (exact) mass is 339 g/mol. The van der Waals surface area contributed by atoms with Gasteiger partial charge in [0.2, 0.25) is 0 Å². The molecule has 4 rings (SSSR count). The van der Waals surface area contributed by atoms with Gasteiger partial charge in [-0.3, -0.25) is 4.90 Å². The molecule has 8 nitrogen and oxygen atoms in total. The molecule has 4 heterocycles. The Morgan fingerprint density at radius 1 is 1.48 bits per heavy atom. The van der Waals surface area contributed by atoms with Gasteiger partial charge in [0, 0.05) is 13.1 Å². The molecule has 3 saturated heterocycles. The van der Waals surface area contributed by atoms with Crippen LogP contribution in [0, 0.1) is 0 Å². The van der Waals surface area contributed by atoms with E-state index in [0.717, 1.165) is 24.6 Å². The fraction of sp³-hybridized carbons (Fsp3) is 0.643. The zero-order valence-corrected chi connectivity index (χ0v) is 14.2. The van der Waals surface area contributed by atoms with Crippen LogP contribution in [0.3, 0.4) is 0 Å². The van der Waals surface area contributed by atoms with Crippen molar-refractivity contribution in [1.82, 2.24) is 9.88 Å². The summed E-state index contributed by atoms with van der Waals surface area (Å²) in [5.41, 5.74) is 5.10. The van der Waals surface area contributed by atoms with Gasteiger partial charge >= 0.3 is 6.09 Å². The van der Waals surface area contributed by atoms with Crippen molar-refractivity contribution in [2.24, 2.45) is 10.9 Å². The Morgan fingerprint density at radius 2 is 2.13 bits per heavy atom. The fourth-order valence-electron chi connectivity index (χ4n) is 2.96. The maximum absolute atomic E-state index is 12.2. The third-order valence-electron chi connectivity index (χ3n) is 3.92. The van der Waals surface area contributed by atoms with Crippen LogP contribution < -0.4 is 10.6 Å². The number of hydrogen-bond donors (Lipinski definition) is 2. The van der Waals surface area contributed by atoms with Crippen molar-refractivity contribution < 1.29 is 14.7 Å². The summed E-state index contributed by atoms with van der Waals surface area (Å²) < 4.78 is 5.46. The zero-order chi connectivity index (χ0) is 16.8. The third kappa shape index (κ3) is 3.05. The lowest BCUT2D eigenvalue weighted by atomic mass is 9.88. The molecule has 126 valence electrons. The van der Waals surface area contributed by atoms with E-state index < -0.39 is 5.60 Å². The number of nitrogens with two attached hydrogens (primary N) is 1. The summed E-state index contributed by atoms with van der Waals surface area (Å²) >= 11 is 1.38. The minimum atomic E-state index is -0.480. The van der Waals surface area contributed by atoms with Gasteiger partial charge in [-0.1, -0.05) is 16.5 Å². The number of rotatable bonds is 2. The van der Waals surface area contributed by atoms with Crippen LogP contribution in [0.1, 0.15) is 32.1 Å². The molecule has 0 aromatic carbocycles. The van der Waals surface area contributed by atoms with Gasteiger partial charge in [0.05, 0.1) is 23.2 Å². The summed E-state index contributed by atoms with van der Waals surface area (Å²) in [6.07, 6.45) is 2.35. The van der Waals surface area contributed by atoms with E-state index in [-0.39, 0.29) is 24.0 Å². The summed E-state index contributed by atoms with van der Waals surface area (Å²) in [4.78, 5) is 21.2. The van der Waals surface area contributed by atoms with Crippen molar-refractivity contribution in [2.45, 2.75) is 44.9 Å². The maximum atomic E-state index is 12.2. The molecular weight excluding hydrogens is 318 g/mol. The van der Waals surface area contributed by atoms with E-state index in [1.54, 1.807) is 6.20 Å². The molecule has 0 saturated carbocycles. The van der Waals surface area contributed by atoms with Crippen LogP contribution in [0.2, 0.25) is 0 Å². The average molecular weight is 339 g/mol. The van der Waals surface area contributed by atoms with Gasteiger partial charge in [0.15, 0.2) is 11.0 Å². The Morgan fingerprint density at radius 3 is 2.70 bits per heavy atom. The number of amides is 1. The van der Waals surface area contributed by atoms with Crippen LogP contribution >= 0.6 is 11.3 Å². The maximum Gasteiger partial charge on any atom is 0.410 e. The summed E-state index contributed by atoms with van der Waals surface area (Å²) in [6.45, 7) is 7.06. The van der Waals surface area contributed by atoms with Crippen LogP contribution in [-0.2, 0) is 4.74 Å². The van der Waals surface area contributed by atoms with Crippen LogP contribution in [0.15, 0.2) is 11.4 Å². The Balaban J connectivity index is 1.65. The number of hydrogen-bond acceptors (Lipinski definition) is 7. The standard InChI is InChI=1S/C14H21N5O3S/c1-14(2,3)22-13(20)19-8-4-9(19)7-18(6-8)12-16-5-10(23-12)11(15)17-21/h5,8-9,21H,4,6-7H2,1-3H3,(H2,15,17)/t8-,9+. The number of carbonyl (C=O) groups excluding carboxylic acids is 1. The topological polar surface area (TPSA) is 104 Å². The number of aromatic nitrogens is 1. The van der Waals surface area contributed by atoms with E-state index in [0.29, 0.717) is 4.88 Å². The first-order valence-electron chi connectivity index (χ1n) is 7.48. The Bertz CT molecular complexity index is 627. The zero-order valence-electron chi connectivity index (χ0n) is 13.4. The molecule has 3 aliphatic heterocycles. The Kier molecular flexibility index (Phi) is 3.83. The number of ether oxygens (including phenoxy) is 1. The van der Waals surface area contributed by atoms with Crippen molar-refractivity contribution in [2.75, 3.05) is 18.0 Å². The number of piperazine rings is 1. The molecule has 0 spiro atoms. The minimum absolute atomic E-state index is 0.0614. The number of carbonyl (C=O) groups is 1. The molecule has 0 aliphatic carbocycles. The van der Waals surface area contributed by atoms with Crippen molar-refractivity contribution in [3.8, 4) is 0 Å². The molecule has 0 radical (unpaired) electrons. The number of thiazole rings is 1. The van der Waals surface area contributed by atoms with Crippen molar-refractivity contribution in [1.29, 1.82) is 0 Å². The normalized spacial score (nSPS) is 24.4. The highest BCUT2D eigenvalue weighted by molar-refractivity contribution is 7.17. The summed E-state index contributed by atoms with van der Waals surface area (Å²) in [5.74, 6) is 0.0614. The Hall–Kier alpha value is -2.03. The number of nitrogens with zero attached hydrogens (tertiary/aromatic N) is 4. The molecule has 1 aromatic rings. The van der Waals surface area contributed by atoms with Crippen LogP contribution in [0.4, 0.5) is 9.93 Å². The molecule has 0 unspecified atom stereocenters. The number of piperidine rings is 1. The lowest BCUT2D eigenvalue weighted by molar-refractivity contribution is -0.0379. The second kappa shape index (κ2) is 5.55. The van der Waals surface area contributed by atoms with Gasteiger partial charge in [-0.2, -0.15) is 0 Å². The van der Waals surface area contributed by atoms with Crippen LogP contribution in [0.5, 0.6) is 0 Å². The molecule has 9 heteroatoms. The SMILES string of the molecule is CC(C)(C)OC(=O)N1[C@@H]2C[C@H]1CN(c1ncc(/C(N)=N/O)s1)C2. The number of anilines is 1. The predicted molar refractivity (Wildman–Crippen MR) is 87.1 cm³/mol. The van der Waals surface area contributed by atoms with Gasteiger partial charge in [0.1, 0.15) is 5.60 Å². The number of fused-ring (bicyclic) bond motifs is 2. The Labute approximate surface area is 138 Å². The molecule has 1 aromatic heterocycles. The van der Waals surface area contributed by atoms with Gasteiger partial charge in [-0.05, 0) is 27.2 Å². The van der Waals surface area contributed by atoms with Gasteiger partial charge in [0.25, 0.3) is 0 Å². The molecular formula is C14H21N5O3S. The van der Waals surface area contributed by atoms with Gasteiger partial charge in [-0.15, -0.1) is 0 Å². The smallest absolute Gasteiger partial charge is 0.410 e. The lowest BCUT2D eigenvalue weighted by Gasteiger charge is -2.55. The first kappa shape index (κ1) is 15.9. The first-order chi connectivity index (χ1) is 10.8. The molecule has 2 bridgehead atoms. The van der Waals surface area contributed by atoms with E-state index in [2.05, 4.69) is 15.0 Å². The summed E-state index contributed by atoms with van der Waals surface area (Å²) in [5, 5.41) is 12.5. The van der Waals surface area contributed by atoms with Crippen LogP contribution in [-0.4, -0.2) is 57.8 Å². The van der Waals surface area contributed by atoms with E-state index in [9.17, 15) is 4.79 Å². The third-order valence-corrected chi connectivity index (χ3v) is 5.00. The molecule has 2 atom stereocenters. The average Bonchev–Trinajstić information content (AvgIpc) is 2.94. The van der Waals surface area contributed by atoms with Crippen molar-refractivity contribution in [3.63, 3.8) is 0 Å². The molecule has 3 fully saturated rings. The fourth-order valence-corrected chi connectivity index (χ4v) is 3.79. The summed E-state index contributed by atoms with van der Waals surface area (Å²) in [6, 6.07) is 0.305. The molecule has 3 N–H and O–H groups in total. The first-order valence-corrected chi connectivity index (χ1v) is 8.30. The van der Waals surface area contributed by atoms with Gasteiger partial charge < -0.3 is 20.6 Å². The van der Waals surface area contributed by atoms with E-state index in [1.165, 1.54) is 11.3 Å². The van der Waals surface area contributed by atoms with Crippen LogP contribution in [0.25, 0.3) is 0 Å². The largest absolute Gasteiger partial charge is 0.444 e. The highest BCUT2D eigenvalue weighted by atomic mass is 32.1. The highest BCUT2D eigenvalue weighted by Crippen LogP contribution is 2.36. The second-order valence-electron chi connectivity index (χ2n) is 6.83. The molecule has 23 heavy (non-hydrogen) atoms. The van der Waals surface area contributed by atoms with E-state index in [1.807, 2.05) is 25.7 Å². The lowest BCUT2D eigenvalue weighted by Crippen LogP contribution is -2.70. The quantitative estimate of drug-likeness (QED) is 0.366. The summed E-state index contributed by atoms with van der Waals surface area (Å²) in [7, 11) is 0. The van der Waals surface area contributed by atoms with Gasteiger partial charge in [-0.25, -0.2) is 9.78 Å². The van der Waals surface area contributed by atoms with Crippen molar-refractivity contribution in [3.05, 3.63) is 11.1 Å². The highest BCUT2D eigenvalue weighted by Gasteiger charge is 2.49. The van der Waals surface area contributed by atoms with E-state index >= 15 is 0 Å². The molecule has 3 aliphatic rings. The number of amidine groups is 1. The second-order valence-corrected chi connectivity index (χ2v) is 7.84. The number of oxime groups is 1. The minimum Gasteiger partial charge on any atom is -0.444 e.